The van der Waals surface area contributed by atoms with Gasteiger partial charge in [0.2, 0.25) is 0 Å². The fraction of sp³-hybridized carbons (Fsp3) is 0.474. The molecule has 0 spiro atoms. The van der Waals surface area contributed by atoms with Crippen LogP contribution < -0.4 is 10.2 Å². The van der Waals surface area contributed by atoms with Crippen molar-refractivity contribution in [2.45, 2.75) is 38.3 Å². The number of nitrogens with zero attached hydrogens (tertiary/aromatic N) is 1. The third-order valence-corrected chi connectivity index (χ3v) is 4.42. The zero-order valence-corrected chi connectivity index (χ0v) is 18.0. The molecule has 1 aromatic rings. The molecule has 0 bridgehead atoms. The van der Waals surface area contributed by atoms with Crippen molar-refractivity contribution in [1.82, 2.24) is 0 Å². The molecule has 0 aliphatic carbocycles. The smallest absolute Gasteiger partial charge is 0.416 e. The molecule has 0 atom stereocenters. The average molecular weight is 434 g/mol. The second-order valence-corrected chi connectivity index (χ2v) is 8.32. The van der Waals surface area contributed by atoms with Gasteiger partial charge in [-0.1, -0.05) is 6.58 Å². The fourth-order valence-electron chi connectivity index (χ4n) is 2.20. The molecule has 0 heterocycles. The Balaban J connectivity index is 3.41. The van der Waals surface area contributed by atoms with E-state index in [1.807, 2.05) is 0 Å². The number of carbonyl (C=O) groups is 2. The van der Waals surface area contributed by atoms with Crippen LogP contribution in [0, 0.1) is 0 Å². The van der Waals surface area contributed by atoms with Gasteiger partial charge < -0.3 is 14.4 Å². The Morgan fingerprint density at radius 1 is 1.21 bits per heavy atom. The van der Waals surface area contributed by atoms with Gasteiger partial charge >= 0.3 is 18.2 Å². The highest BCUT2D eigenvalue weighted by Gasteiger charge is 2.33. The monoisotopic (exact) mass is 434 g/mol. The number of rotatable bonds is 6. The van der Waals surface area contributed by atoms with E-state index in [1.165, 1.54) is 12.0 Å². The van der Waals surface area contributed by atoms with Crippen LogP contribution >= 0.6 is 11.8 Å². The van der Waals surface area contributed by atoms with Gasteiger partial charge in [-0.05, 0) is 38.5 Å². The number of hydrogen-bond donors (Lipinski definition) is 1. The summed E-state index contributed by atoms with van der Waals surface area (Å²) in [5, 5.41) is 2.53. The van der Waals surface area contributed by atoms with Crippen LogP contribution in [0.2, 0.25) is 0 Å². The summed E-state index contributed by atoms with van der Waals surface area (Å²) in [7, 11) is 4.29. The van der Waals surface area contributed by atoms with E-state index in [0.717, 1.165) is 23.9 Å². The number of hydrogen-bond acceptors (Lipinski definition) is 6. The molecule has 0 aliphatic rings. The molecular formula is C19H25F3N2O4S. The van der Waals surface area contributed by atoms with E-state index in [-0.39, 0.29) is 27.6 Å². The van der Waals surface area contributed by atoms with Crippen molar-refractivity contribution in [3.05, 3.63) is 34.7 Å². The number of thioether (sulfide) groups is 1. The van der Waals surface area contributed by atoms with E-state index in [0.29, 0.717) is 0 Å². The van der Waals surface area contributed by atoms with Gasteiger partial charge in [0.25, 0.3) is 0 Å². The maximum absolute atomic E-state index is 13.4. The number of carbonyl (C=O) groups excluding carboxylic acids is 2. The summed E-state index contributed by atoms with van der Waals surface area (Å²) in [5.74, 6) is -0.736. The average Bonchev–Trinajstić information content (AvgIpc) is 2.56. The third kappa shape index (κ3) is 7.52. The van der Waals surface area contributed by atoms with Crippen LogP contribution in [0.25, 0.3) is 0 Å². The van der Waals surface area contributed by atoms with Crippen LogP contribution in [-0.2, 0) is 26.2 Å². The topological polar surface area (TPSA) is 67.9 Å². The van der Waals surface area contributed by atoms with Gasteiger partial charge in [-0.25, -0.2) is 9.59 Å². The summed E-state index contributed by atoms with van der Waals surface area (Å²) in [6.45, 7) is 8.56. The minimum absolute atomic E-state index is 0.0273. The molecule has 1 aromatic carbocycles. The van der Waals surface area contributed by atoms with Gasteiger partial charge in [0, 0.05) is 19.8 Å². The molecule has 0 unspecified atom stereocenters. The van der Waals surface area contributed by atoms with Crippen molar-refractivity contribution in [2.75, 3.05) is 31.4 Å². The second-order valence-electron chi connectivity index (χ2n) is 7.25. The Bertz CT molecular complexity index is 787. The van der Waals surface area contributed by atoms with Crippen LogP contribution in [0.4, 0.5) is 29.3 Å². The highest BCUT2D eigenvalue weighted by Crippen LogP contribution is 2.40. The van der Waals surface area contributed by atoms with Crippen molar-refractivity contribution in [1.29, 1.82) is 0 Å². The first-order valence-corrected chi connectivity index (χ1v) is 9.45. The Morgan fingerprint density at radius 3 is 2.24 bits per heavy atom. The van der Waals surface area contributed by atoms with Crippen molar-refractivity contribution in [2.24, 2.45) is 0 Å². The first kappa shape index (κ1) is 24.7. The second kappa shape index (κ2) is 9.43. The highest BCUT2D eigenvalue weighted by molar-refractivity contribution is 8.03. The van der Waals surface area contributed by atoms with Gasteiger partial charge in [0.1, 0.15) is 5.60 Å². The van der Waals surface area contributed by atoms with Crippen molar-refractivity contribution in [3.63, 3.8) is 0 Å². The van der Waals surface area contributed by atoms with Gasteiger partial charge in [0.15, 0.2) is 0 Å². The van der Waals surface area contributed by atoms with Crippen molar-refractivity contribution >= 4 is 35.2 Å². The maximum Gasteiger partial charge on any atom is 0.416 e. The van der Waals surface area contributed by atoms with Gasteiger partial charge in [0.05, 0.1) is 29.0 Å². The number of amides is 1. The molecular weight excluding hydrogens is 409 g/mol. The molecule has 6 nitrogen and oxygen atoms in total. The number of benzene rings is 1. The fourth-order valence-corrected chi connectivity index (χ4v) is 2.96. The highest BCUT2D eigenvalue weighted by atomic mass is 32.2. The van der Waals surface area contributed by atoms with Crippen LogP contribution in [0.5, 0.6) is 0 Å². The first-order valence-electron chi connectivity index (χ1n) is 8.47. The molecule has 162 valence electrons. The SMILES string of the molecule is C=C(SCc1cc(C(F)(F)F)cc(N(C)C)c1NC(=O)OC(C)(C)C)C(=O)OC. The Labute approximate surface area is 172 Å². The molecule has 0 saturated carbocycles. The molecule has 1 N–H and O–H groups in total. The third-order valence-electron chi connectivity index (χ3n) is 3.45. The van der Waals surface area contributed by atoms with Crippen molar-refractivity contribution in [3.8, 4) is 0 Å². The van der Waals surface area contributed by atoms with Gasteiger partial charge in [-0.3, -0.25) is 5.32 Å². The molecule has 0 aromatic heterocycles. The molecule has 0 fully saturated rings. The number of esters is 1. The number of alkyl halides is 3. The largest absolute Gasteiger partial charge is 0.465 e. The standard InChI is InChI=1S/C19H25F3N2O4S/c1-11(16(25)27-7)29-10-12-8-13(19(20,21)22)9-14(24(5)6)15(12)23-17(26)28-18(2,3)4/h8-9H,1,10H2,2-7H3,(H,23,26). The van der Waals surface area contributed by atoms with E-state index in [2.05, 4.69) is 16.6 Å². The zero-order chi connectivity index (χ0) is 22.6. The number of nitrogens with one attached hydrogen (secondary N) is 1. The Kier molecular flexibility index (Phi) is 8.02. The van der Waals surface area contributed by atoms with E-state index < -0.39 is 29.4 Å². The molecule has 0 saturated heterocycles. The predicted octanol–water partition coefficient (Wildman–Crippen LogP) is 5.04. The van der Waals surface area contributed by atoms with Crippen molar-refractivity contribution < 1.29 is 32.2 Å². The van der Waals surface area contributed by atoms with Gasteiger partial charge in [-0.15, -0.1) is 11.8 Å². The maximum atomic E-state index is 13.4. The summed E-state index contributed by atoms with van der Waals surface area (Å²) < 4.78 is 49.9. The molecule has 0 aliphatic heterocycles. The van der Waals surface area contributed by atoms with Gasteiger partial charge in [-0.2, -0.15) is 13.2 Å². The summed E-state index contributed by atoms with van der Waals surface area (Å²) in [6, 6.07) is 1.87. The molecule has 10 heteroatoms. The number of halogens is 3. The van der Waals surface area contributed by atoms with Crippen LogP contribution in [0.1, 0.15) is 31.9 Å². The van der Waals surface area contributed by atoms with E-state index in [1.54, 1.807) is 34.9 Å². The molecule has 1 amide bonds. The predicted molar refractivity (Wildman–Crippen MR) is 108 cm³/mol. The molecule has 1 rings (SSSR count). The lowest BCUT2D eigenvalue weighted by Gasteiger charge is -2.25. The zero-order valence-electron chi connectivity index (χ0n) is 17.2. The number of methoxy groups -OCH3 is 1. The normalized spacial score (nSPS) is 11.6. The molecule has 29 heavy (non-hydrogen) atoms. The lowest BCUT2D eigenvalue weighted by Crippen LogP contribution is -2.28. The molecule has 0 radical (unpaired) electrons. The van der Waals surface area contributed by atoms with E-state index in [4.69, 9.17) is 4.74 Å². The summed E-state index contributed by atoms with van der Waals surface area (Å²) in [6.07, 6.45) is -5.40. The number of anilines is 2. The van der Waals surface area contributed by atoms with E-state index in [9.17, 15) is 22.8 Å². The summed E-state index contributed by atoms with van der Waals surface area (Å²) in [5.41, 5.74) is -1.21. The minimum Gasteiger partial charge on any atom is -0.465 e. The Hall–Kier alpha value is -2.36. The first-order chi connectivity index (χ1) is 13.2. The Morgan fingerprint density at radius 2 is 1.79 bits per heavy atom. The van der Waals surface area contributed by atoms with E-state index >= 15 is 0 Å². The summed E-state index contributed by atoms with van der Waals surface area (Å²) in [4.78, 5) is 25.3. The van der Waals surface area contributed by atoms with Crippen LogP contribution in [-0.4, -0.2) is 38.9 Å². The van der Waals surface area contributed by atoms with Crippen LogP contribution in [0.3, 0.4) is 0 Å². The van der Waals surface area contributed by atoms with Crippen LogP contribution in [0.15, 0.2) is 23.6 Å². The quantitative estimate of drug-likeness (QED) is 0.500. The minimum atomic E-state index is -4.59. The lowest BCUT2D eigenvalue weighted by atomic mass is 10.1. The summed E-state index contributed by atoms with van der Waals surface area (Å²) >= 11 is 0.909. The number of ether oxygens (including phenoxy) is 2. The lowest BCUT2D eigenvalue weighted by molar-refractivity contribution is -0.137.